The zero-order valence-electron chi connectivity index (χ0n) is 19.4. The van der Waals surface area contributed by atoms with Gasteiger partial charge in [0.05, 0.1) is 13.0 Å². The van der Waals surface area contributed by atoms with Crippen molar-refractivity contribution < 1.29 is 9.53 Å². The summed E-state index contributed by atoms with van der Waals surface area (Å²) in [5, 5.41) is 1.35. The molecule has 5 nitrogen and oxygen atoms in total. The summed E-state index contributed by atoms with van der Waals surface area (Å²) < 4.78 is 7.75. The van der Waals surface area contributed by atoms with Crippen LogP contribution < -0.4 is 0 Å². The fraction of sp³-hybridized carbons (Fsp3) is 0.462. The number of ether oxygens (including phenoxy) is 1. The van der Waals surface area contributed by atoms with Crippen molar-refractivity contribution in [3.63, 3.8) is 0 Å². The summed E-state index contributed by atoms with van der Waals surface area (Å²) in [4.78, 5) is 18.7. The normalized spacial score (nSPS) is 16.3. The number of carbonyl (C=O) groups is 1. The van der Waals surface area contributed by atoms with Gasteiger partial charge < -0.3 is 14.2 Å². The summed E-state index contributed by atoms with van der Waals surface area (Å²) in [6.45, 7) is 12.8. The van der Waals surface area contributed by atoms with Gasteiger partial charge in [0, 0.05) is 54.8 Å². The highest BCUT2D eigenvalue weighted by molar-refractivity contribution is 5.86. The van der Waals surface area contributed by atoms with Crippen LogP contribution in [0.25, 0.3) is 10.9 Å². The number of aromatic nitrogens is 1. The summed E-state index contributed by atoms with van der Waals surface area (Å²) in [6, 6.07) is 6.73. The van der Waals surface area contributed by atoms with Crippen molar-refractivity contribution in [1.82, 2.24) is 9.47 Å². The minimum absolute atomic E-state index is 0.00374. The SMILES string of the molecule is C=N/C=C\C(=C/C)C(CC(=O)OCC)Cn1c2c(c3cc(C)ccc31)CCN(C)CC2. The number of rotatable bonds is 8. The molecule has 3 rings (SSSR count). The molecule has 0 N–H and O–H groups in total. The first kappa shape index (κ1) is 23.0. The zero-order chi connectivity index (χ0) is 22.4. The van der Waals surface area contributed by atoms with Gasteiger partial charge >= 0.3 is 5.97 Å². The van der Waals surface area contributed by atoms with E-state index in [9.17, 15) is 4.79 Å². The topological polar surface area (TPSA) is 46.8 Å². The van der Waals surface area contributed by atoms with E-state index >= 15 is 0 Å². The van der Waals surface area contributed by atoms with Crippen LogP contribution >= 0.6 is 0 Å². The Hall–Kier alpha value is -2.66. The number of esters is 1. The lowest BCUT2D eigenvalue weighted by atomic mass is 9.94. The highest BCUT2D eigenvalue weighted by Gasteiger charge is 2.25. The predicted molar refractivity (Wildman–Crippen MR) is 129 cm³/mol. The summed E-state index contributed by atoms with van der Waals surface area (Å²) in [5.74, 6) is -0.158. The monoisotopic (exact) mass is 421 g/mol. The van der Waals surface area contributed by atoms with E-state index in [4.69, 9.17) is 4.74 Å². The van der Waals surface area contributed by atoms with E-state index < -0.39 is 0 Å². The quantitative estimate of drug-likeness (QED) is 0.352. The molecule has 0 amide bonds. The lowest BCUT2D eigenvalue weighted by molar-refractivity contribution is -0.144. The maximum atomic E-state index is 12.4. The third-order valence-corrected chi connectivity index (χ3v) is 6.21. The Morgan fingerprint density at radius 3 is 2.81 bits per heavy atom. The molecule has 1 atom stereocenters. The van der Waals surface area contributed by atoms with Crippen molar-refractivity contribution in [2.75, 3.05) is 26.7 Å². The second-order valence-corrected chi connectivity index (χ2v) is 8.35. The van der Waals surface area contributed by atoms with Crippen molar-refractivity contribution >= 4 is 23.6 Å². The van der Waals surface area contributed by atoms with Crippen LogP contribution in [0.2, 0.25) is 0 Å². The Morgan fingerprint density at radius 1 is 1.32 bits per heavy atom. The summed E-state index contributed by atoms with van der Waals surface area (Å²) in [6.07, 6.45) is 8.13. The van der Waals surface area contributed by atoms with E-state index in [1.54, 1.807) is 6.20 Å². The van der Waals surface area contributed by atoms with E-state index in [0.717, 1.165) is 38.0 Å². The summed E-state index contributed by atoms with van der Waals surface area (Å²) >= 11 is 0. The number of hydrogen-bond acceptors (Lipinski definition) is 4. The molecule has 0 spiro atoms. The predicted octanol–water partition coefficient (Wildman–Crippen LogP) is 4.71. The molecule has 0 radical (unpaired) electrons. The number of likely N-dealkylation sites (N-methyl/N-ethyl adjacent to an activating group) is 1. The number of hydrogen-bond donors (Lipinski definition) is 0. The fourth-order valence-electron chi connectivity index (χ4n) is 4.61. The van der Waals surface area contributed by atoms with Gasteiger partial charge in [-0.25, -0.2) is 0 Å². The molecule has 5 heteroatoms. The van der Waals surface area contributed by atoms with Gasteiger partial charge in [-0.3, -0.25) is 9.79 Å². The van der Waals surface area contributed by atoms with E-state index in [1.807, 2.05) is 19.9 Å². The van der Waals surface area contributed by atoms with Gasteiger partial charge in [0.1, 0.15) is 0 Å². The number of aryl methyl sites for hydroxylation is 1. The smallest absolute Gasteiger partial charge is 0.306 e. The fourth-order valence-corrected chi connectivity index (χ4v) is 4.61. The average Bonchev–Trinajstić information content (AvgIpc) is 2.88. The largest absolute Gasteiger partial charge is 0.466 e. The van der Waals surface area contributed by atoms with Crippen LogP contribution in [-0.2, 0) is 28.9 Å². The van der Waals surface area contributed by atoms with Crippen molar-refractivity contribution in [3.8, 4) is 0 Å². The maximum Gasteiger partial charge on any atom is 0.306 e. The summed E-state index contributed by atoms with van der Waals surface area (Å²) in [7, 11) is 2.19. The number of benzene rings is 1. The zero-order valence-corrected chi connectivity index (χ0v) is 19.4. The third-order valence-electron chi connectivity index (χ3n) is 6.21. The van der Waals surface area contributed by atoms with Gasteiger partial charge in [0.25, 0.3) is 0 Å². The number of nitrogens with zero attached hydrogens (tertiary/aromatic N) is 3. The molecule has 1 aliphatic rings. The molecule has 2 heterocycles. The molecular weight excluding hydrogens is 386 g/mol. The van der Waals surface area contributed by atoms with Crippen molar-refractivity contribution in [2.24, 2.45) is 10.9 Å². The molecular formula is C26H35N3O2. The van der Waals surface area contributed by atoms with Crippen LogP contribution in [0.15, 0.2) is 47.1 Å². The highest BCUT2D eigenvalue weighted by Crippen LogP contribution is 2.32. The first-order valence-electron chi connectivity index (χ1n) is 11.2. The average molecular weight is 422 g/mol. The number of carbonyl (C=O) groups excluding carboxylic acids is 1. The molecule has 0 saturated carbocycles. The molecule has 0 fully saturated rings. The molecule has 0 aliphatic carbocycles. The van der Waals surface area contributed by atoms with Crippen molar-refractivity contribution in [1.29, 1.82) is 0 Å². The van der Waals surface area contributed by atoms with E-state index in [-0.39, 0.29) is 11.9 Å². The van der Waals surface area contributed by atoms with Crippen molar-refractivity contribution in [3.05, 3.63) is 58.9 Å². The van der Waals surface area contributed by atoms with Crippen LogP contribution in [0.3, 0.4) is 0 Å². The second-order valence-electron chi connectivity index (χ2n) is 8.35. The van der Waals surface area contributed by atoms with Crippen LogP contribution in [0.5, 0.6) is 0 Å². The van der Waals surface area contributed by atoms with Crippen molar-refractivity contribution in [2.45, 2.75) is 46.6 Å². The first-order chi connectivity index (χ1) is 15.0. The van der Waals surface area contributed by atoms with Crippen LogP contribution in [-0.4, -0.2) is 48.9 Å². The molecule has 0 saturated heterocycles. The Balaban J connectivity index is 2.07. The molecule has 1 aromatic heterocycles. The first-order valence-corrected chi connectivity index (χ1v) is 11.2. The summed E-state index contributed by atoms with van der Waals surface area (Å²) in [5.41, 5.74) is 6.48. The van der Waals surface area contributed by atoms with Crippen LogP contribution in [0.1, 0.15) is 37.1 Å². The highest BCUT2D eigenvalue weighted by atomic mass is 16.5. The number of allylic oxidation sites excluding steroid dienone is 3. The van der Waals surface area contributed by atoms with Gasteiger partial charge in [-0.1, -0.05) is 17.7 Å². The molecule has 31 heavy (non-hydrogen) atoms. The van der Waals surface area contributed by atoms with Crippen LogP contribution in [0, 0.1) is 12.8 Å². The standard InChI is InChI=1S/C26H35N3O2/c1-6-20(10-13-27-4)21(17-26(30)31-7-2)18-29-24-9-8-19(3)16-23(24)22-11-14-28(5)15-12-25(22)29/h6,8-10,13,16,21H,4,7,11-12,14-15,17-18H2,1-3,5H3/b13-10-,20-6+. The maximum absolute atomic E-state index is 12.4. The molecule has 1 unspecified atom stereocenters. The Bertz CT molecular complexity index is 1000. The van der Waals surface area contributed by atoms with E-state index in [0.29, 0.717) is 13.0 Å². The Morgan fingerprint density at radius 2 is 2.10 bits per heavy atom. The number of aliphatic imine (C=N–C) groups is 1. The Kier molecular flexibility index (Phi) is 7.85. The molecule has 166 valence electrons. The minimum Gasteiger partial charge on any atom is -0.466 e. The van der Waals surface area contributed by atoms with Gasteiger partial charge in [-0.15, -0.1) is 0 Å². The lowest BCUT2D eigenvalue weighted by Crippen LogP contribution is -2.22. The van der Waals surface area contributed by atoms with E-state index in [2.05, 4.69) is 59.4 Å². The molecule has 1 aliphatic heterocycles. The van der Waals surface area contributed by atoms with Gasteiger partial charge in [-0.05, 0) is 70.3 Å². The third kappa shape index (κ3) is 5.34. The van der Waals surface area contributed by atoms with Gasteiger partial charge in [0.2, 0.25) is 0 Å². The molecule has 1 aromatic carbocycles. The van der Waals surface area contributed by atoms with Gasteiger partial charge in [-0.2, -0.15) is 0 Å². The van der Waals surface area contributed by atoms with E-state index in [1.165, 1.54) is 27.7 Å². The second kappa shape index (κ2) is 10.6. The van der Waals surface area contributed by atoms with Crippen LogP contribution in [0.4, 0.5) is 0 Å². The molecule has 2 aromatic rings. The van der Waals surface area contributed by atoms with Gasteiger partial charge in [0.15, 0.2) is 0 Å². The number of fused-ring (bicyclic) bond motifs is 3. The minimum atomic E-state index is -0.162. The lowest BCUT2D eigenvalue weighted by Gasteiger charge is -2.21. The molecule has 0 bridgehead atoms. The Labute approximate surface area is 186 Å².